The van der Waals surface area contributed by atoms with Gasteiger partial charge in [-0.1, -0.05) is 60.7 Å². The Kier molecular flexibility index (Phi) is 5.67. The van der Waals surface area contributed by atoms with Crippen LogP contribution in [0.2, 0.25) is 0 Å². The summed E-state index contributed by atoms with van der Waals surface area (Å²) in [6.07, 6.45) is -0.577. The minimum absolute atomic E-state index is 0.0159. The molecular weight excluding hydrogens is 460 g/mol. The summed E-state index contributed by atoms with van der Waals surface area (Å²) in [7, 11) is -3.82. The van der Waals surface area contributed by atoms with E-state index in [1.807, 2.05) is 30.3 Å². The highest BCUT2D eigenvalue weighted by Crippen LogP contribution is 2.49. The molecule has 5 rings (SSSR count). The molecule has 0 spiro atoms. The van der Waals surface area contributed by atoms with Crippen LogP contribution in [0.4, 0.5) is 14.5 Å². The molecule has 0 bridgehead atoms. The highest BCUT2D eigenvalue weighted by Gasteiger charge is 2.31. The lowest BCUT2D eigenvalue weighted by atomic mass is 9.89. The van der Waals surface area contributed by atoms with Crippen molar-refractivity contribution in [3.63, 3.8) is 0 Å². The number of ether oxygens (including phenoxy) is 2. The van der Waals surface area contributed by atoms with Crippen LogP contribution in [0.3, 0.4) is 0 Å². The maximum absolute atomic E-state index is 13.1. The molecule has 172 valence electrons. The summed E-state index contributed by atoms with van der Waals surface area (Å²) in [4.78, 5) is 0.126. The van der Waals surface area contributed by atoms with Crippen molar-refractivity contribution >= 4 is 15.7 Å². The van der Waals surface area contributed by atoms with Gasteiger partial charge >= 0.3 is 6.61 Å². The molecule has 0 aromatic heterocycles. The fourth-order valence-corrected chi connectivity index (χ4v) is 5.09. The van der Waals surface area contributed by atoms with Gasteiger partial charge in [-0.15, -0.1) is 0 Å². The Hall–Kier alpha value is -3.91. The summed E-state index contributed by atoms with van der Waals surface area (Å²) < 4.78 is 65.4. The second-order valence-electron chi connectivity index (χ2n) is 7.64. The van der Waals surface area contributed by atoms with Crippen molar-refractivity contribution in [2.45, 2.75) is 17.6 Å². The fourth-order valence-electron chi connectivity index (χ4n) is 4.02. The molecule has 1 N–H and O–H groups in total. The summed E-state index contributed by atoms with van der Waals surface area (Å²) in [6, 6.07) is 27.1. The van der Waals surface area contributed by atoms with E-state index < -0.39 is 22.7 Å². The number of rotatable bonds is 6. The Morgan fingerprint density at radius 3 is 2.26 bits per heavy atom. The molecule has 0 saturated heterocycles. The molecule has 4 aromatic carbocycles. The molecule has 0 radical (unpaired) electrons. The maximum Gasteiger partial charge on any atom is 0.387 e. The van der Waals surface area contributed by atoms with E-state index in [0.717, 1.165) is 5.56 Å². The third kappa shape index (κ3) is 4.20. The van der Waals surface area contributed by atoms with Gasteiger partial charge in [0.2, 0.25) is 0 Å². The summed E-state index contributed by atoms with van der Waals surface area (Å²) in [5.74, 6) is 0.384. The first-order chi connectivity index (χ1) is 16.4. The predicted molar refractivity (Wildman–Crippen MR) is 125 cm³/mol. The van der Waals surface area contributed by atoms with Gasteiger partial charge in [-0.05, 0) is 47.5 Å². The lowest BCUT2D eigenvalue weighted by Crippen LogP contribution is -2.18. The number of hydrogen-bond donors (Lipinski definition) is 1. The molecule has 34 heavy (non-hydrogen) atoms. The van der Waals surface area contributed by atoms with Crippen LogP contribution in [-0.2, 0) is 10.0 Å². The van der Waals surface area contributed by atoms with Gasteiger partial charge in [-0.3, -0.25) is 4.72 Å². The van der Waals surface area contributed by atoms with E-state index in [9.17, 15) is 17.2 Å². The molecular formula is C26H19F2NO4S. The number of anilines is 1. The molecule has 1 atom stereocenters. The molecule has 1 heterocycles. The van der Waals surface area contributed by atoms with Gasteiger partial charge in [0.05, 0.1) is 10.5 Å². The van der Waals surface area contributed by atoms with Crippen molar-refractivity contribution in [3.8, 4) is 22.6 Å². The highest BCUT2D eigenvalue weighted by atomic mass is 32.2. The van der Waals surface area contributed by atoms with Crippen molar-refractivity contribution in [1.29, 1.82) is 0 Å². The first-order valence-electron chi connectivity index (χ1n) is 10.4. The van der Waals surface area contributed by atoms with Gasteiger partial charge in [0.1, 0.15) is 17.6 Å². The average Bonchev–Trinajstić information content (AvgIpc) is 2.84. The van der Waals surface area contributed by atoms with Crippen LogP contribution in [0.25, 0.3) is 11.1 Å². The van der Waals surface area contributed by atoms with Crippen LogP contribution in [0.1, 0.15) is 17.2 Å². The molecule has 0 fully saturated rings. The number of hydrogen-bond acceptors (Lipinski definition) is 4. The smallest absolute Gasteiger partial charge is 0.387 e. The van der Waals surface area contributed by atoms with Gasteiger partial charge in [0.15, 0.2) is 0 Å². The number of halogens is 2. The highest BCUT2D eigenvalue weighted by molar-refractivity contribution is 7.92. The largest absolute Gasteiger partial charge is 0.480 e. The standard InChI is InChI=1S/C26H19F2NO4S/c27-26(28)33-23-13-7-12-22-24(23)20-15-14-18(29-34(30,31)19-10-5-2-6-11-19)16-21(20)25(32-22)17-8-3-1-4-9-17/h1-16,25-26,29H. The van der Waals surface area contributed by atoms with Crippen molar-refractivity contribution in [3.05, 3.63) is 108 Å². The Balaban J connectivity index is 1.63. The Morgan fingerprint density at radius 1 is 0.853 bits per heavy atom. The van der Waals surface area contributed by atoms with Gasteiger partial charge in [-0.2, -0.15) is 8.78 Å². The summed E-state index contributed by atoms with van der Waals surface area (Å²) in [6.45, 7) is -3.00. The Bertz CT molecular complexity index is 1430. The van der Waals surface area contributed by atoms with Crippen molar-refractivity contribution in [1.82, 2.24) is 0 Å². The molecule has 4 aromatic rings. The summed E-state index contributed by atoms with van der Waals surface area (Å²) >= 11 is 0. The molecule has 1 aliphatic heterocycles. The van der Waals surface area contributed by atoms with E-state index >= 15 is 0 Å². The fraction of sp³-hybridized carbons (Fsp3) is 0.0769. The van der Waals surface area contributed by atoms with E-state index in [4.69, 9.17) is 9.47 Å². The van der Waals surface area contributed by atoms with Crippen molar-refractivity contribution in [2.75, 3.05) is 4.72 Å². The number of benzene rings is 4. The molecule has 0 saturated carbocycles. The van der Waals surface area contributed by atoms with Gasteiger partial charge in [0, 0.05) is 11.3 Å². The zero-order chi connectivity index (χ0) is 23.7. The number of alkyl halides is 2. The molecule has 8 heteroatoms. The number of sulfonamides is 1. The zero-order valence-corrected chi connectivity index (χ0v) is 18.5. The topological polar surface area (TPSA) is 64.6 Å². The van der Waals surface area contributed by atoms with Crippen LogP contribution in [-0.4, -0.2) is 15.0 Å². The monoisotopic (exact) mass is 479 g/mol. The summed E-state index contributed by atoms with van der Waals surface area (Å²) in [5.41, 5.74) is 2.79. The SMILES string of the molecule is O=S(=O)(Nc1ccc2c(c1)C(c1ccccc1)Oc1cccc(OC(F)F)c1-2)c1ccccc1. The third-order valence-electron chi connectivity index (χ3n) is 5.46. The van der Waals surface area contributed by atoms with E-state index in [0.29, 0.717) is 28.1 Å². The second kappa shape index (κ2) is 8.79. The van der Waals surface area contributed by atoms with Crippen molar-refractivity contribution < 1.29 is 26.7 Å². The van der Waals surface area contributed by atoms with Crippen LogP contribution in [0, 0.1) is 0 Å². The minimum atomic E-state index is -3.82. The van der Waals surface area contributed by atoms with E-state index in [-0.39, 0.29) is 10.6 Å². The zero-order valence-electron chi connectivity index (χ0n) is 17.7. The van der Waals surface area contributed by atoms with Gasteiger partial charge < -0.3 is 9.47 Å². The second-order valence-corrected chi connectivity index (χ2v) is 9.32. The van der Waals surface area contributed by atoms with Gasteiger partial charge in [-0.25, -0.2) is 8.42 Å². The third-order valence-corrected chi connectivity index (χ3v) is 6.86. The van der Waals surface area contributed by atoms with Crippen molar-refractivity contribution in [2.24, 2.45) is 0 Å². The number of nitrogens with one attached hydrogen (secondary N) is 1. The normalized spacial score (nSPS) is 14.6. The van der Waals surface area contributed by atoms with E-state index in [1.54, 1.807) is 48.5 Å². The van der Waals surface area contributed by atoms with Crippen LogP contribution < -0.4 is 14.2 Å². The predicted octanol–water partition coefficient (Wildman–Crippen LogP) is 6.24. The molecule has 1 aliphatic rings. The quantitative estimate of drug-likeness (QED) is 0.356. The number of fused-ring (bicyclic) bond motifs is 3. The maximum atomic E-state index is 13.1. The minimum Gasteiger partial charge on any atom is -0.480 e. The summed E-state index contributed by atoms with van der Waals surface area (Å²) in [5, 5.41) is 0. The van der Waals surface area contributed by atoms with Crippen LogP contribution in [0.15, 0.2) is 102 Å². The first-order valence-corrected chi connectivity index (χ1v) is 11.9. The molecule has 0 aliphatic carbocycles. The van der Waals surface area contributed by atoms with Crippen LogP contribution in [0.5, 0.6) is 11.5 Å². The van der Waals surface area contributed by atoms with E-state index in [2.05, 4.69) is 4.72 Å². The average molecular weight is 480 g/mol. The Morgan fingerprint density at radius 2 is 1.56 bits per heavy atom. The lowest BCUT2D eigenvalue weighted by molar-refractivity contribution is -0.0496. The molecule has 1 unspecified atom stereocenters. The first kappa shape index (κ1) is 21.9. The van der Waals surface area contributed by atoms with Gasteiger partial charge in [0.25, 0.3) is 10.0 Å². The Labute approximate surface area is 195 Å². The van der Waals surface area contributed by atoms with E-state index in [1.165, 1.54) is 18.2 Å². The molecule has 5 nitrogen and oxygen atoms in total. The molecule has 0 amide bonds. The van der Waals surface area contributed by atoms with Crippen LogP contribution >= 0.6 is 0 Å². The lowest BCUT2D eigenvalue weighted by Gasteiger charge is -2.30.